The lowest BCUT2D eigenvalue weighted by molar-refractivity contribution is -0.138. The lowest BCUT2D eigenvalue weighted by Crippen LogP contribution is -2.57. The Morgan fingerprint density at radius 1 is 1.47 bits per heavy atom. The molecule has 0 aromatic carbocycles. The van der Waals surface area contributed by atoms with Gasteiger partial charge in [-0.2, -0.15) is 0 Å². The molecule has 1 fully saturated rings. The monoisotopic (exact) mass is 270 g/mol. The molecule has 0 saturated carbocycles. The van der Waals surface area contributed by atoms with Crippen molar-refractivity contribution in [3.63, 3.8) is 0 Å². The lowest BCUT2D eigenvalue weighted by Gasteiger charge is -2.38. The number of nitrogens with one attached hydrogen (secondary N) is 2. The molecule has 1 rings (SSSR count). The number of hydrogen-bond acceptors (Lipinski definition) is 3. The molecule has 110 valence electrons. The summed E-state index contributed by atoms with van der Waals surface area (Å²) < 4.78 is 0. The Morgan fingerprint density at radius 3 is 2.68 bits per heavy atom. The van der Waals surface area contributed by atoms with Crippen molar-refractivity contribution < 1.29 is 14.7 Å². The van der Waals surface area contributed by atoms with Crippen molar-refractivity contribution >= 4 is 11.9 Å². The van der Waals surface area contributed by atoms with Crippen LogP contribution in [0, 0.1) is 5.41 Å². The quantitative estimate of drug-likeness (QED) is 0.684. The number of amides is 1. The van der Waals surface area contributed by atoms with Gasteiger partial charge in [-0.15, -0.1) is 0 Å². The normalized spacial score (nSPS) is 23.6. The standard InChI is InChI=1S/C14H26N2O3/c1-4-6-10(9-11(17)18)16-13(19)12-14(2,3)7-5-8-15-12/h10,12,15H,4-9H2,1-3H3,(H,16,19)(H,17,18). The molecular formula is C14H26N2O3. The molecule has 1 amide bonds. The summed E-state index contributed by atoms with van der Waals surface area (Å²) in [6.07, 6.45) is 3.64. The van der Waals surface area contributed by atoms with Gasteiger partial charge >= 0.3 is 5.97 Å². The van der Waals surface area contributed by atoms with Gasteiger partial charge in [0.2, 0.25) is 5.91 Å². The molecule has 0 aromatic heterocycles. The van der Waals surface area contributed by atoms with Gasteiger partial charge in [-0.25, -0.2) is 0 Å². The molecule has 19 heavy (non-hydrogen) atoms. The third-order valence-electron chi connectivity index (χ3n) is 3.79. The molecule has 1 heterocycles. The molecule has 0 spiro atoms. The second kappa shape index (κ2) is 6.89. The predicted octanol–water partition coefficient (Wildman–Crippen LogP) is 1.52. The first-order valence-corrected chi connectivity index (χ1v) is 7.12. The van der Waals surface area contributed by atoms with E-state index < -0.39 is 5.97 Å². The maximum absolute atomic E-state index is 12.3. The highest BCUT2D eigenvalue weighted by molar-refractivity contribution is 5.83. The highest BCUT2D eigenvalue weighted by Gasteiger charge is 2.37. The largest absolute Gasteiger partial charge is 0.481 e. The molecule has 5 heteroatoms. The summed E-state index contributed by atoms with van der Waals surface area (Å²) in [5.41, 5.74) is -0.0810. The minimum absolute atomic E-state index is 0.00721. The number of carboxylic acid groups (broad SMARTS) is 1. The van der Waals surface area contributed by atoms with Crippen molar-refractivity contribution in [2.24, 2.45) is 5.41 Å². The van der Waals surface area contributed by atoms with Crippen LogP contribution in [-0.4, -0.2) is 35.6 Å². The molecule has 0 aromatic rings. The van der Waals surface area contributed by atoms with Crippen molar-refractivity contribution in [3.8, 4) is 0 Å². The van der Waals surface area contributed by atoms with Crippen LogP contribution in [0.5, 0.6) is 0 Å². The van der Waals surface area contributed by atoms with Crippen molar-refractivity contribution in [2.45, 2.75) is 65.0 Å². The van der Waals surface area contributed by atoms with Crippen LogP contribution in [0.2, 0.25) is 0 Å². The van der Waals surface area contributed by atoms with E-state index in [1.165, 1.54) is 0 Å². The SMILES string of the molecule is CCCC(CC(=O)O)NC(=O)C1NCCCC1(C)C. The maximum Gasteiger partial charge on any atom is 0.305 e. The van der Waals surface area contributed by atoms with Gasteiger partial charge in [-0.3, -0.25) is 9.59 Å². The third-order valence-corrected chi connectivity index (χ3v) is 3.79. The number of rotatable bonds is 6. The number of carbonyl (C=O) groups excluding carboxylic acids is 1. The Kier molecular flexibility index (Phi) is 5.79. The Hall–Kier alpha value is -1.10. The number of aliphatic carboxylic acids is 1. The van der Waals surface area contributed by atoms with Crippen molar-refractivity contribution in [2.75, 3.05) is 6.54 Å². The first kappa shape index (κ1) is 16.0. The van der Waals surface area contributed by atoms with E-state index in [-0.39, 0.29) is 29.8 Å². The van der Waals surface area contributed by atoms with Gasteiger partial charge < -0.3 is 15.7 Å². The van der Waals surface area contributed by atoms with Gasteiger partial charge in [0.05, 0.1) is 12.5 Å². The van der Waals surface area contributed by atoms with Crippen LogP contribution in [0.25, 0.3) is 0 Å². The van der Waals surface area contributed by atoms with E-state index in [9.17, 15) is 9.59 Å². The molecule has 1 aliphatic heterocycles. The summed E-state index contributed by atoms with van der Waals surface area (Å²) in [5, 5.41) is 15.0. The highest BCUT2D eigenvalue weighted by Crippen LogP contribution is 2.30. The molecule has 0 radical (unpaired) electrons. The fourth-order valence-electron chi connectivity index (χ4n) is 2.73. The van der Waals surface area contributed by atoms with Gasteiger partial charge in [0.25, 0.3) is 0 Å². The summed E-state index contributed by atoms with van der Waals surface area (Å²) in [4.78, 5) is 23.1. The van der Waals surface area contributed by atoms with E-state index in [1.54, 1.807) is 0 Å². The van der Waals surface area contributed by atoms with Gasteiger partial charge in [-0.05, 0) is 31.2 Å². The third kappa shape index (κ3) is 4.82. The lowest BCUT2D eigenvalue weighted by atomic mass is 9.77. The minimum atomic E-state index is -0.866. The molecule has 1 aliphatic rings. The van der Waals surface area contributed by atoms with Gasteiger partial charge in [0.1, 0.15) is 0 Å². The molecule has 0 bridgehead atoms. The zero-order valence-corrected chi connectivity index (χ0v) is 12.2. The number of carbonyl (C=O) groups is 2. The number of piperidine rings is 1. The van der Waals surface area contributed by atoms with Crippen LogP contribution < -0.4 is 10.6 Å². The number of hydrogen-bond donors (Lipinski definition) is 3. The minimum Gasteiger partial charge on any atom is -0.481 e. The second-order valence-corrected chi connectivity index (χ2v) is 6.07. The average Bonchev–Trinajstić information content (AvgIpc) is 2.27. The van der Waals surface area contributed by atoms with E-state index in [0.29, 0.717) is 6.42 Å². The van der Waals surface area contributed by atoms with Crippen LogP contribution in [-0.2, 0) is 9.59 Å². The number of carboxylic acids is 1. The van der Waals surface area contributed by atoms with Crippen LogP contribution in [0.4, 0.5) is 0 Å². The summed E-state index contributed by atoms with van der Waals surface area (Å²) in [6, 6.07) is -0.496. The summed E-state index contributed by atoms with van der Waals surface area (Å²) in [5.74, 6) is -0.931. The smallest absolute Gasteiger partial charge is 0.305 e. The Balaban J connectivity index is 2.62. The second-order valence-electron chi connectivity index (χ2n) is 6.07. The highest BCUT2D eigenvalue weighted by atomic mass is 16.4. The van der Waals surface area contributed by atoms with Crippen LogP contribution >= 0.6 is 0 Å². The maximum atomic E-state index is 12.3. The van der Waals surface area contributed by atoms with E-state index in [0.717, 1.165) is 25.8 Å². The Labute approximate surface area is 115 Å². The molecular weight excluding hydrogens is 244 g/mol. The summed E-state index contributed by atoms with van der Waals surface area (Å²) in [6.45, 7) is 6.99. The average molecular weight is 270 g/mol. The molecule has 5 nitrogen and oxygen atoms in total. The summed E-state index contributed by atoms with van der Waals surface area (Å²) in [7, 11) is 0. The van der Waals surface area contributed by atoms with E-state index in [2.05, 4.69) is 24.5 Å². The van der Waals surface area contributed by atoms with Crippen molar-refractivity contribution in [1.29, 1.82) is 0 Å². The van der Waals surface area contributed by atoms with Crippen LogP contribution in [0.1, 0.15) is 52.9 Å². The zero-order chi connectivity index (χ0) is 14.5. The predicted molar refractivity (Wildman–Crippen MR) is 73.9 cm³/mol. The fraction of sp³-hybridized carbons (Fsp3) is 0.857. The van der Waals surface area contributed by atoms with Gasteiger partial charge in [-0.1, -0.05) is 27.2 Å². The molecule has 1 saturated heterocycles. The molecule has 3 N–H and O–H groups in total. The van der Waals surface area contributed by atoms with Gasteiger partial charge in [0, 0.05) is 6.04 Å². The van der Waals surface area contributed by atoms with Crippen molar-refractivity contribution in [3.05, 3.63) is 0 Å². The topological polar surface area (TPSA) is 78.4 Å². The van der Waals surface area contributed by atoms with E-state index in [1.807, 2.05) is 6.92 Å². The van der Waals surface area contributed by atoms with Crippen molar-refractivity contribution in [1.82, 2.24) is 10.6 Å². The van der Waals surface area contributed by atoms with Crippen LogP contribution in [0.15, 0.2) is 0 Å². The van der Waals surface area contributed by atoms with Crippen LogP contribution in [0.3, 0.4) is 0 Å². The summed E-state index contributed by atoms with van der Waals surface area (Å²) >= 11 is 0. The molecule has 0 aliphatic carbocycles. The fourth-order valence-corrected chi connectivity index (χ4v) is 2.73. The Bertz CT molecular complexity index is 329. The molecule has 2 unspecified atom stereocenters. The van der Waals surface area contributed by atoms with Gasteiger partial charge in [0.15, 0.2) is 0 Å². The first-order chi connectivity index (χ1) is 8.86. The first-order valence-electron chi connectivity index (χ1n) is 7.12. The van der Waals surface area contributed by atoms with E-state index in [4.69, 9.17) is 5.11 Å². The zero-order valence-electron chi connectivity index (χ0n) is 12.2. The Morgan fingerprint density at radius 2 is 2.16 bits per heavy atom. The molecule has 2 atom stereocenters. The van der Waals surface area contributed by atoms with E-state index >= 15 is 0 Å².